The molecule has 1 fully saturated rings. The van der Waals surface area contributed by atoms with Crippen molar-refractivity contribution >= 4 is 209 Å². The van der Waals surface area contributed by atoms with Gasteiger partial charge in [0.1, 0.15) is 6.67 Å². The number of ether oxygens (including phenoxy) is 1. The Balaban J connectivity index is 0.000000314. The number of nitrogens with zero attached hydrogens (tertiary/aromatic N) is 4. The molecule has 3 heterocycles. The van der Waals surface area contributed by atoms with Gasteiger partial charge in [0.15, 0.2) is 21.3 Å². The maximum atomic E-state index is 13.0. The molecule has 0 spiro atoms. The molecule has 3 N–H and O–H groups in total. The van der Waals surface area contributed by atoms with E-state index in [9.17, 15) is 12.8 Å². The van der Waals surface area contributed by atoms with E-state index in [-0.39, 0.29) is 111 Å². The van der Waals surface area contributed by atoms with E-state index in [1.807, 2.05) is 24.3 Å². The van der Waals surface area contributed by atoms with Gasteiger partial charge in [0, 0.05) is 36.9 Å². The molecule has 63 heavy (non-hydrogen) atoms. The van der Waals surface area contributed by atoms with Crippen molar-refractivity contribution in [3.63, 3.8) is 0 Å². The summed E-state index contributed by atoms with van der Waals surface area (Å²) in [6.07, 6.45) is 2.49. The molecule has 1 aliphatic heterocycles. The molecule has 350 valence electrons. The second kappa shape index (κ2) is 31.0. The Bertz CT molecular complexity index is 2090. The van der Waals surface area contributed by atoms with Crippen LogP contribution in [0.25, 0.3) is 34.3 Å². The van der Waals surface area contributed by atoms with Gasteiger partial charge in [-0.15, -0.1) is 126 Å². The number of nitrogens with two attached hydrogens (primary N) is 1. The summed E-state index contributed by atoms with van der Waals surface area (Å²) in [6, 6.07) is 13.8. The third-order valence-electron chi connectivity index (χ3n) is 8.53. The highest BCUT2D eigenvalue weighted by atomic mass is 33.4. The van der Waals surface area contributed by atoms with Gasteiger partial charge in [0.2, 0.25) is 5.89 Å². The van der Waals surface area contributed by atoms with Crippen LogP contribution in [-0.4, -0.2) is 59.8 Å². The van der Waals surface area contributed by atoms with E-state index >= 15 is 0 Å². The second-order valence-electron chi connectivity index (χ2n) is 13.1. The molecule has 2 aromatic heterocycles. The van der Waals surface area contributed by atoms with Crippen LogP contribution in [0.1, 0.15) is 25.3 Å². The number of sulfone groups is 1. The van der Waals surface area contributed by atoms with Crippen molar-refractivity contribution < 1.29 is 22.0 Å². The Morgan fingerprint density at radius 2 is 1.24 bits per heavy atom. The van der Waals surface area contributed by atoms with Crippen molar-refractivity contribution in [2.45, 2.75) is 42.5 Å². The first-order valence-electron chi connectivity index (χ1n) is 18.0. The number of anilines is 1. The van der Waals surface area contributed by atoms with E-state index < -0.39 is 21.8 Å². The van der Waals surface area contributed by atoms with Crippen molar-refractivity contribution in [1.82, 2.24) is 25.5 Å². The lowest BCUT2D eigenvalue weighted by atomic mass is 10.1. The van der Waals surface area contributed by atoms with E-state index in [0.29, 0.717) is 49.4 Å². The molecule has 5 rings (SSSR count). The third kappa shape index (κ3) is 18.7. The lowest BCUT2D eigenvalue weighted by molar-refractivity contribution is 0.0983. The Morgan fingerprint density at radius 3 is 1.73 bits per heavy atom. The molecule has 0 saturated carbocycles. The smallest absolute Gasteiger partial charge is 0.270 e. The maximum Gasteiger partial charge on any atom is 0.270 e. The zero-order valence-electron chi connectivity index (χ0n) is 33.8. The fourth-order valence-electron chi connectivity index (χ4n) is 5.43. The molecule has 0 bridgehead atoms. The van der Waals surface area contributed by atoms with Crippen LogP contribution in [0.2, 0.25) is 0 Å². The van der Waals surface area contributed by atoms with Crippen LogP contribution in [0.4, 0.5) is 10.2 Å². The molecule has 16 atom stereocenters. The number of halogens is 1. The van der Waals surface area contributed by atoms with Crippen LogP contribution < -0.4 is 11.1 Å². The molecule has 4 aromatic rings. The molecule has 2 aromatic carbocycles. The van der Waals surface area contributed by atoms with Gasteiger partial charge in [-0.05, 0) is 126 Å². The lowest BCUT2D eigenvalue weighted by Crippen LogP contribution is -2.28. The molecule has 0 radical (unpaired) electrons. The zero-order valence-corrected chi connectivity index (χ0v) is 59.5. The van der Waals surface area contributed by atoms with E-state index in [0.717, 1.165) is 5.56 Å². The fraction of sp³-hybridized carbons (Fsp3) is 0.333. The van der Waals surface area contributed by atoms with Crippen molar-refractivity contribution in [2.75, 3.05) is 25.6 Å². The second-order valence-corrected chi connectivity index (χ2v) is 111. The Labute approximate surface area is 415 Å². The largest absolute Gasteiger partial charge is 0.414 e. The van der Waals surface area contributed by atoms with Gasteiger partial charge in [-0.25, -0.2) is 22.8 Å². The number of nitrogen functional groups attached to an aromatic ring is 1. The average molecular weight is 1320 g/mol. The first kappa shape index (κ1) is 62.1. The standard InChI is InChI=1S/C27H29FN6O4S.H26P24/c1-17(14-28)30-15-18-2-4-20(5-3-18)26-33-34-27(38-26)24-25(29)31-16-23(32-24)19-6-8-21(9-7-19)39(35,36)22-10-12-37-13-11-22;1-14(2)20(13)23(19(11)12)24(21(15(3)4)16(5)6)22(17(7)8)18(9)10/h2-9,16-17,22,30H,10-15H2,1H3,(H2,29,31);1-13H2. The Morgan fingerprint density at radius 1 is 0.730 bits per heavy atom. The summed E-state index contributed by atoms with van der Waals surface area (Å²) in [6.45, 7) is 3.17. The van der Waals surface area contributed by atoms with Crippen molar-refractivity contribution in [3.05, 3.63) is 60.3 Å². The first-order valence-corrected chi connectivity index (χ1v) is 62.4. The molecular formula is C27H55FN6O4P24S. The van der Waals surface area contributed by atoms with Crippen molar-refractivity contribution in [1.29, 1.82) is 0 Å². The lowest BCUT2D eigenvalue weighted by Gasteiger charge is -2.48. The average Bonchev–Trinajstić information content (AvgIpc) is 3.73. The number of hydrogen-bond donors (Lipinski definition) is 2. The number of rotatable bonds is 19. The van der Waals surface area contributed by atoms with Gasteiger partial charge in [-0.3, -0.25) is 0 Å². The summed E-state index contributed by atoms with van der Waals surface area (Å²) in [5.74, 6) is 0.519. The normalized spacial score (nSPS) is 15.7. The minimum Gasteiger partial charge on any atom is -0.414 e. The number of nitrogens with one attached hydrogen (secondary N) is 1. The Kier molecular flexibility index (Phi) is 30.5. The predicted molar refractivity (Wildman–Crippen MR) is 346 cm³/mol. The minimum atomic E-state index is -3.44. The van der Waals surface area contributed by atoms with Gasteiger partial charge in [0.05, 0.1) is 22.0 Å². The van der Waals surface area contributed by atoms with Crippen LogP contribution in [0, 0.1) is 0 Å². The highest BCUT2D eigenvalue weighted by molar-refractivity contribution is 9.40. The highest BCUT2D eigenvalue weighted by Gasteiger charge is 2.46. The zero-order chi connectivity index (χ0) is 46.8. The molecule has 1 aliphatic rings. The van der Waals surface area contributed by atoms with E-state index in [1.165, 1.54) is 6.20 Å². The van der Waals surface area contributed by atoms with Crippen molar-refractivity contribution in [2.24, 2.45) is 0 Å². The monoisotopic (exact) mass is 1320 g/mol. The maximum absolute atomic E-state index is 13.0. The third-order valence-corrected chi connectivity index (χ3v) is 165. The van der Waals surface area contributed by atoms with E-state index in [2.05, 4.69) is 142 Å². The van der Waals surface area contributed by atoms with Crippen molar-refractivity contribution in [3.8, 4) is 34.3 Å². The quantitative estimate of drug-likeness (QED) is 0.0870. The number of alkyl halides is 1. The molecule has 10 nitrogen and oxygen atoms in total. The van der Waals surface area contributed by atoms with Gasteiger partial charge in [-0.2, -0.15) is 0 Å². The van der Waals surface area contributed by atoms with Crippen LogP contribution in [0.5, 0.6) is 0 Å². The van der Waals surface area contributed by atoms with Crippen LogP contribution in [0.15, 0.2) is 64.0 Å². The van der Waals surface area contributed by atoms with E-state index in [4.69, 9.17) is 14.9 Å². The topological polar surface area (TPSA) is 146 Å². The molecule has 0 aliphatic carbocycles. The molecular weight excluding hydrogens is 1270 g/mol. The summed E-state index contributed by atoms with van der Waals surface area (Å²) in [5.41, 5.74) is 9.15. The summed E-state index contributed by atoms with van der Waals surface area (Å²) in [5, 5.41) is 10.9. The van der Waals surface area contributed by atoms with E-state index in [1.54, 1.807) is 31.2 Å². The molecule has 16 unspecified atom stereocenters. The number of benzene rings is 2. The van der Waals surface area contributed by atoms with Crippen LogP contribution in [0.3, 0.4) is 0 Å². The number of aromatic nitrogens is 4. The van der Waals surface area contributed by atoms with Gasteiger partial charge in [0.25, 0.3) is 5.89 Å². The molecule has 1 saturated heterocycles. The van der Waals surface area contributed by atoms with Crippen LogP contribution >= 0.6 is 193 Å². The fourth-order valence-corrected chi connectivity index (χ4v) is 296. The summed E-state index contributed by atoms with van der Waals surface area (Å²) < 4.78 is 49.8. The number of hydrogen-bond acceptors (Lipinski definition) is 10. The summed E-state index contributed by atoms with van der Waals surface area (Å²) >= 11 is 0. The van der Waals surface area contributed by atoms with Gasteiger partial charge in [-0.1, -0.05) is 24.3 Å². The Hall–Kier alpha value is 6.58. The minimum absolute atomic E-state index is 0.00181. The first-order chi connectivity index (χ1) is 29.7. The van der Waals surface area contributed by atoms with Crippen LogP contribution in [-0.2, 0) is 21.1 Å². The highest BCUT2D eigenvalue weighted by Crippen LogP contribution is 3.34. The molecule has 0 amide bonds. The predicted octanol–water partition coefficient (Wildman–Crippen LogP) is 17.6. The summed E-state index contributed by atoms with van der Waals surface area (Å²) in [7, 11) is 38.3. The molecule has 36 heteroatoms. The SMILES string of the molecule is CC(CF)NCc1ccc(-c2nnc(-c3nc(-c4ccc(S(=O)(=O)C5CCOCC5)cc4)cnc3N)o2)cc1.PP(P)P(P)P(P(P)P)P(P(P(P)P)P(P)P)P(P(P)P)P(P)P. The van der Waals surface area contributed by atoms with Gasteiger partial charge >= 0.3 is 0 Å². The van der Waals surface area contributed by atoms with Gasteiger partial charge < -0.3 is 20.2 Å². The summed E-state index contributed by atoms with van der Waals surface area (Å²) in [4.78, 5) is 9.08.